The van der Waals surface area contributed by atoms with Gasteiger partial charge in [0, 0.05) is 19.1 Å². The quantitative estimate of drug-likeness (QED) is 0.814. The van der Waals surface area contributed by atoms with Gasteiger partial charge in [-0.25, -0.2) is 4.79 Å². The van der Waals surface area contributed by atoms with Crippen molar-refractivity contribution in [3.63, 3.8) is 0 Å². The molecule has 0 bridgehead atoms. The molecule has 1 saturated heterocycles. The lowest BCUT2D eigenvalue weighted by Crippen LogP contribution is -2.27. The molecular weight excluding hydrogens is 264 g/mol. The molecule has 0 radical (unpaired) electrons. The van der Waals surface area contributed by atoms with Gasteiger partial charge in [0.05, 0.1) is 12.7 Å². The highest BCUT2D eigenvalue weighted by molar-refractivity contribution is 5.89. The molecule has 1 aromatic rings. The van der Waals surface area contributed by atoms with E-state index in [1.807, 2.05) is 24.3 Å². The van der Waals surface area contributed by atoms with Crippen LogP contribution in [0.3, 0.4) is 0 Å². The van der Waals surface area contributed by atoms with Crippen LogP contribution >= 0.6 is 0 Å². The lowest BCUT2D eigenvalue weighted by Gasteiger charge is -2.16. The number of esters is 1. The van der Waals surface area contributed by atoms with E-state index in [0.717, 1.165) is 18.5 Å². The van der Waals surface area contributed by atoms with Crippen LogP contribution in [0.25, 0.3) is 0 Å². The fourth-order valence-electron chi connectivity index (χ4n) is 2.97. The SMILES string of the molecule is COC(=O)c1ccc(CN2CC[C@H](CNC3CC3)C2)cc1. The zero-order valence-electron chi connectivity index (χ0n) is 12.7. The molecule has 0 unspecified atom stereocenters. The predicted octanol–water partition coefficient (Wildman–Crippen LogP) is 2.05. The minimum Gasteiger partial charge on any atom is -0.465 e. The topological polar surface area (TPSA) is 41.6 Å². The second-order valence-electron chi connectivity index (χ2n) is 6.26. The predicted molar refractivity (Wildman–Crippen MR) is 82.2 cm³/mol. The van der Waals surface area contributed by atoms with Gasteiger partial charge in [-0.1, -0.05) is 12.1 Å². The Labute approximate surface area is 126 Å². The van der Waals surface area contributed by atoms with E-state index >= 15 is 0 Å². The smallest absolute Gasteiger partial charge is 0.337 e. The largest absolute Gasteiger partial charge is 0.465 e. The first-order valence-electron chi connectivity index (χ1n) is 7.87. The van der Waals surface area contributed by atoms with Gasteiger partial charge in [-0.05, 0) is 56.0 Å². The van der Waals surface area contributed by atoms with E-state index in [2.05, 4.69) is 10.2 Å². The fraction of sp³-hybridized carbons (Fsp3) is 0.588. The van der Waals surface area contributed by atoms with Gasteiger partial charge in [-0.15, -0.1) is 0 Å². The molecule has 2 fully saturated rings. The summed E-state index contributed by atoms with van der Waals surface area (Å²) in [5.41, 5.74) is 1.88. The van der Waals surface area contributed by atoms with Gasteiger partial charge in [-0.2, -0.15) is 0 Å². The number of hydrogen-bond acceptors (Lipinski definition) is 4. The summed E-state index contributed by atoms with van der Waals surface area (Å²) in [5, 5.41) is 3.63. The number of likely N-dealkylation sites (tertiary alicyclic amines) is 1. The minimum absolute atomic E-state index is 0.270. The van der Waals surface area contributed by atoms with Crippen molar-refractivity contribution >= 4 is 5.97 Å². The lowest BCUT2D eigenvalue weighted by molar-refractivity contribution is 0.0600. The van der Waals surface area contributed by atoms with Crippen molar-refractivity contribution in [1.29, 1.82) is 0 Å². The van der Waals surface area contributed by atoms with Crippen LogP contribution < -0.4 is 5.32 Å². The highest BCUT2D eigenvalue weighted by Crippen LogP contribution is 2.22. The van der Waals surface area contributed by atoms with Crippen LogP contribution in [0.5, 0.6) is 0 Å². The van der Waals surface area contributed by atoms with E-state index in [1.165, 1.54) is 51.6 Å². The van der Waals surface area contributed by atoms with Crippen LogP contribution in [-0.4, -0.2) is 43.7 Å². The van der Waals surface area contributed by atoms with E-state index in [-0.39, 0.29) is 5.97 Å². The van der Waals surface area contributed by atoms with Crippen molar-refractivity contribution in [1.82, 2.24) is 10.2 Å². The number of carbonyl (C=O) groups excluding carboxylic acids is 1. The maximum absolute atomic E-state index is 11.4. The Hall–Kier alpha value is -1.39. The summed E-state index contributed by atoms with van der Waals surface area (Å²) in [5.74, 6) is 0.522. The fourth-order valence-corrected chi connectivity index (χ4v) is 2.97. The molecule has 0 aromatic heterocycles. The minimum atomic E-state index is -0.270. The van der Waals surface area contributed by atoms with Crippen LogP contribution in [0.1, 0.15) is 35.2 Å². The second kappa shape index (κ2) is 6.58. The first kappa shape index (κ1) is 14.5. The van der Waals surface area contributed by atoms with E-state index in [0.29, 0.717) is 5.56 Å². The molecule has 21 heavy (non-hydrogen) atoms. The molecule has 0 spiro atoms. The number of rotatable bonds is 6. The van der Waals surface area contributed by atoms with E-state index < -0.39 is 0 Å². The van der Waals surface area contributed by atoms with Gasteiger partial charge >= 0.3 is 5.97 Å². The highest BCUT2D eigenvalue weighted by atomic mass is 16.5. The molecule has 4 nitrogen and oxygen atoms in total. The van der Waals surface area contributed by atoms with Gasteiger partial charge in [0.1, 0.15) is 0 Å². The summed E-state index contributed by atoms with van der Waals surface area (Å²) in [7, 11) is 1.41. The Balaban J connectivity index is 1.46. The summed E-state index contributed by atoms with van der Waals surface area (Å²) < 4.78 is 4.72. The monoisotopic (exact) mass is 288 g/mol. The molecule has 3 rings (SSSR count). The van der Waals surface area contributed by atoms with Crippen molar-refractivity contribution < 1.29 is 9.53 Å². The van der Waals surface area contributed by atoms with E-state index in [9.17, 15) is 4.79 Å². The zero-order valence-corrected chi connectivity index (χ0v) is 12.7. The van der Waals surface area contributed by atoms with Gasteiger partial charge in [0.15, 0.2) is 0 Å². The molecule has 0 amide bonds. The third-order valence-electron chi connectivity index (χ3n) is 4.42. The molecule has 4 heteroatoms. The Morgan fingerprint density at radius 1 is 1.29 bits per heavy atom. The maximum atomic E-state index is 11.4. The summed E-state index contributed by atoms with van der Waals surface area (Å²) in [6, 6.07) is 8.57. The zero-order chi connectivity index (χ0) is 14.7. The number of hydrogen-bond donors (Lipinski definition) is 1. The van der Waals surface area contributed by atoms with Crippen LogP contribution in [-0.2, 0) is 11.3 Å². The molecule has 1 atom stereocenters. The Morgan fingerprint density at radius 3 is 2.71 bits per heavy atom. The first-order valence-corrected chi connectivity index (χ1v) is 7.87. The van der Waals surface area contributed by atoms with Gasteiger partial charge in [0.25, 0.3) is 0 Å². The van der Waals surface area contributed by atoms with Crippen molar-refractivity contribution in [2.45, 2.75) is 31.8 Å². The van der Waals surface area contributed by atoms with E-state index in [1.54, 1.807) is 0 Å². The van der Waals surface area contributed by atoms with Gasteiger partial charge in [0.2, 0.25) is 0 Å². The normalized spacial score (nSPS) is 22.4. The molecule has 114 valence electrons. The number of ether oxygens (including phenoxy) is 1. The lowest BCUT2D eigenvalue weighted by atomic mass is 10.1. The summed E-state index contributed by atoms with van der Waals surface area (Å²) in [4.78, 5) is 13.9. The Bertz CT molecular complexity index is 482. The summed E-state index contributed by atoms with van der Waals surface area (Å²) >= 11 is 0. The third kappa shape index (κ3) is 4.05. The van der Waals surface area contributed by atoms with Gasteiger partial charge < -0.3 is 10.1 Å². The van der Waals surface area contributed by atoms with Gasteiger partial charge in [-0.3, -0.25) is 4.90 Å². The van der Waals surface area contributed by atoms with Crippen molar-refractivity contribution in [3.8, 4) is 0 Å². The average molecular weight is 288 g/mol. The van der Waals surface area contributed by atoms with Crippen molar-refractivity contribution in [3.05, 3.63) is 35.4 Å². The molecule has 1 aliphatic carbocycles. The summed E-state index contributed by atoms with van der Waals surface area (Å²) in [6.07, 6.45) is 4.02. The number of benzene rings is 1. The Kier molecular flexibility index (Phi) is 4.56. The Morgan fingerprint density at radius 2 is 2.05 bits per heavy atom. The van der Waals surface area contributed by atoms with E-state index in [4.69, 9.17) is 4.74 Å². The average Bonchev–Trinajstić information content (AvgIpc) is 3.25. The van der Waals surface area contributed by atoms with Crippen LogP contribution in [0.4, 0.5) is 0 Å². The molecular formula is C17H24N2O2. The number of nitrogens with one attached hydrogen (secondary N) is 1. The standard InChI is InChI=1S/C17H24N2O2/c1-21-17(20)15-4-2-13(3-5-15)11-19-9-8-14(12-19)10-18-16-6-7-16/h2-5,14,16,18H,6-12H2,1H3/t14-/m1/s1. The molecule has 1 heterocycles. The molecule has 2 aliphatic rings. The van der Waals surface area contributed by atoms with Crippen LogP contribution in [0.2, 0.25) is 0 Å². The molecule has 1 aliphatic heterocycles. The molecule has 1 aromatic carbocycles. The first-order chi connectivity index (χ1) is 10.2. The second-order valence-corrected chi connectivity index (χ2v) is 6.26. The van der Waals surface area contributed by atoms with Crippen molar-refractivity contribution in [2.24, 2.45) is 5.92 Å². The maximum Gasteiger partial charge on any atom is 0.337 e. The van der Waals surface area contributed by atoms with Crippen LogP contribution in [0, 0.1) is 5.92 Å². The molecule has 1 N–H and O–H groups in total. The van der Waals surface area contributed by atoms with Crippen molar-refractivity contribution in [2.75, 3.05) is 26.7 Å². The third-order valence-corrected chi connectivity index (χ3v) is 4.42. The molecule has 1 saturated carbocycles. The number of methoxy groups -OCH3 is 1. The number of carbonyl (C=O) groups is 1. The highest BCUT2D eigenvalue weighted by Gasteiger charge is 2.26. The summed E-state index contributed by atoms with van der Waals surface area (Å²) in [6.45, 7) is 4.50. The number of nitrogens with zero attached hydrogens (tertiary/aromatic N) is 1. The van der Waals surface area contributed by atoms with Crippen LogP contribution in [0.15, 0.2) is 24.3 Å².